The summed E-state index contributed by atoms with van der Waals surface area (Å²) in [4.78, 5) is 14.0. The summed E-state index contributed by atoms with van der Waals surface area (Å²) in [5, 5.41) is 2.68. The lowest BCUT2D eigenvalue weighted by molar-refractivity contribution is 0.415. The van der Waals surface area contributed by atoms with Crippen LogP contribution in [-0.2, 0) is 0 Å². The molecule has 27 heavy (non-hydrogen) atoms. The van der Waals surface area contributed by atoms with E-state index in [1.807, 2.05) is 30.1 Å². The van der Waals surface area contributed by atoms with Gasteiger partial charge in [0.05, 0.1) is 28.0 Å². The maximum absolute atomic E-state index is 6.47. The van der Waals surface area contributed by atoms with Crippen LogP contribution in [0.3, 0.4) is 0 Å². The number of hydrogen-bond acceptors (Lipinski definition) is 6. The van der Waals surface area contributed by atoms with E-state index in [0.29, 0.717) is 11.0 Å². The molecule has 0 saturated heterocycles. The van der Waals surface area contributed by atoms with E-state index in [4.69, 9.17) is 26.3 Å². The molecule has 0 fully saturated rings. The Morgan fingerprint density at radius 3 is 2.48 bits per heavy atom. The van der Waals surface area contributed by atoms with Crippen LogP contribution in [0.4, 0.5) is 17.5 Å². The number of aromatic nitrogens is 2. The summed E-state index contributed by atoms with van der Waals surface area (Å²) in [6.07, 6.45) is 2.15. The van der Waals surface area contributed by atoms with Crippen molar-refractivity contribution in [2.75, 3.05) is 37.0 Å². The Bertz CT molecular complexity index is 908. The van der Waals surface area contributed by atoms with Crippen LogP contribution in [0, 0.1) is 0 Å². The Hall–Kier alpha value is -2.05. The second kappa shape index (κ2) is 8.76. The van der Waals surface area contributed by atoms with Gasteiger partial charge in [0.25, 0.3) is 0 Å². The van der Waals surface area contributed by atoms with Crippen LogP contribution in [0.5, 0.6) is 5.75 Å². The number of halogens is 1. The van der Waals surface area contributed by atoms with Crippen molar-refractivity contribution < 1.29 is 4.74 Å². The van der Waals surface area contributed by atoms with Gasteiger partial charge in [-0.25, -0.2) is 4.98 Å². The quantitative estimate of drug-likeness (QED) is 0.478. The van der Waals surface area contributed by atoms with E-state index in [1.165, 1.54) is 0 Å². The molecule has 0 amide bonds. The number of nitrogens with zero attached hydrogens (tertiary/aromatic N) is 4. The van der Waals surface area contributed by atoms with Gasteiger partial charge in [-0.1, -0.05) is 25.4 Å². The van der Waals surface area contributed by atoms with Crippen LogP contribution < -0.4 is 14.5 Å². The summed E-state index contributed by atoms with van der Waals surface area (Å²) in [5.74, 6) is 2.37. The third kappa shape index (κ3) is 4.12. The van der Waals surface area contributed by atoms with Gasteiger partial charge < -0.3 is 14.5 Å². The monoisotopic (exact) mass is 404 g/mol. The molecule has 144 valence electrons. The van der Waals surface area contributed by atoms with E-state index in [0.717, 1.165) is 53.4 Å². The van der Waals surface area contributed by atoms with Crippen LogP contribution in [0.1, 0.15) is 26.7 Å². The lowest BCUT2D eigenvalue weighted by atomic mass is 10.3. The molecule has 0 atom stereocenters. The number of rotatable bonds is 8. The first kappa shape index (κ1) is 19.7. The molecule has 0 aliphatic heterocycles. The van der Waals surface area contributed by atoms with Crippen molar-refractivity contribution in [2.45, 2.75) is 26.7 Å². The molecule has 2 heterocycles. The summed E-state index contributed by atoms with van der Waals surface area (Å²) < 4.78 is 6.38. The highest BCUT2D eigenvalue weighted by atomic mass is 35.5. The van der Waals surface area contributed by atoms with Gasteiger partial charge in [0.1, 0.15) is 5.75 Å². The molecule has 0 aliphatic carbocycles. The van der Waals surface area contributed by atoms with E-state index in [1.54, 1.807) is 24.5 Å². The molecule has 0 unspecified atom stereocenters. The highest BCUT2D eigenvalue weighted by Gasteiger charge is 2.18. The van der Waals surface area contributed by atoms with Crippen molar-refractivity contribution in [2.24, 2.45) is 0 Å². The van der Waals surface area contributed by atoms with Gasteiger partial charge in [0.15, 0.2) is 5.82 Å². The molecule has 0 spiro atoms. The molecule has 5 nitrogen and oxygen atoms in total. The standard InChI is InChI=1S/C20H25ClN4OS/c1-5-10-25(11-6-2)19-18-16(9-12-27-18)22-20(23-19)24(3)17-8-7-14(26-4)13-15(17)21/h7-9,12-13H,5-6,10-11H2,1-4H3. The van der Waals surface area contributed by atoms with Gasteiger partial charge in [0, 0.05) is 26.2 Å². The molecule has 0 radical (unpaired) electrons. The van der Waals surface area contributed by atoms with Gasteiger partial charge >= 0.3 is 0 Å². The van der Waals surface area contributed by atoms with Gasteiger partial charge in [-0.05, 0) is 36.4 Å². The minimum absolute atomic E-state index is 0.603. The lowest BCUT2D eigenvalue weighted by Crippen LogP contribution is -2.27. The summed E-state index contributed by atoms with van der Waals surface area (Å²) in [7, 11) is 3.57. The number of hydrogen-bond donors (Lipinski definition) is 0. The molecule has 0 aliphatic rings. The fraction of sp³-hybridized carbons (Fsp3) is 0.400. The molecule has 3 aromatic rings. The molecule has 0 bridgehead atoms. The molecular weight excluding hydrogens is 380 g/mol. The molecule has 3 rings (SSSR count). The largest absolute Gasteiger partial charge is 0.497 e. The number of methoxy groups -OCH3 is 1. The Balaban J connectivity index is 2.06. The normalized spacial score (nSPS) is 11.0. The van der Waals surface area contributed by atoms with Crippen molar-refractivity contribution in [3.05, 3.63) is 34.7 Å². The van der Waals surface area contributed by atoms with Crippen LogP contribution >= 0.6 is 22.9 Å². The van der Waals surface area contributed by atoms with E-state index in [2.05, 4.69) is 24.1 Å². The number of thiophene rings is 1. The summed E-state index contributed by atoms with van der Waals surface area (Å²) >= 11 is 8.16. The van der Waals surface area contributed by atoms with Crippen molar-refractivity contribution in [3.63, 3.8) is 0 Å². The maximum Gasteiger partial charge on any atom is 0.232 e. The Kier molecular flexibility index (Phi) is 6.39. The van der Waals surface area contributed by atoms with Crippen LogP contribution in [-0.4, -0.2) is 37.2 Å². The second-order valence-corrected chi connectivity index (χ2v) is 7.67. The summed E-state index contributed by atoms with van der Waals surface area (Å²) in [6, 6.07) is 7.67. The molecular formula is C20H25ClN4OS. The number of benzene rings is 1. The number of ether oxygens (including phenoxy) is 1. The molecule has 0 N–H and O–H groups in total. The lowest BCUT2D eigenvalue weighted by Gasteiger charge is -2.25. The molecule has 1 aromatic carbocycles. The maximum atomic E-state index is 6.47. The molecule has 7 heteroatoms. The predicted molar refractivity (Wildman–Crippen MR) is 116 cm³/mol. The minimum Gasteiger partial charge on any atom is -0.497 e. The van der Waals surface area contributed by atoms with Gasteiger partial charge in [-0.3, -0.25) is 0 Å². The van der Waals surface area contributed by atoms with Gasteiger partial charge in [-0.15, -0.1) is 11.3 Å². The first-order valence-corrected chi connectivity index (χ1v) is 10.4. The number of fused-ring (bicyclic) bond motifs is 1. The topological polar surface area (TPSA) is 41.5 Å². The first-order chi connectivity index (χ1) is 13.1. The Morgan fingerprint density at radius 2 is 1.85 bits per heavy atom. The van der Waals surface area contributed by atoms with Crippen molar-refractivity contribution in [3.8, 4) is 5.75 Å². The minimum atomic E-state index is 0.603. The smallest absolute Gasteiger partial charge is 0.232 e. The SMILES string of the molecule is CCCN(CCC)c1nc(N(C)c2ccc(OC)cc2Cl)nc2ccsc12. The average Bonchev–Trinajstić information content (AvgIpc) is 3.15. The second-order valence-electron chi connectivity index (χ2n) is 6.35. The third-order valence-electron chi connectivity index (χ3n) is 4.38. The van der Waals surface area contributed by atoms with E-state index in [-0.39, 0.29) is 0 Å². The van der Waals surface area contributed by atoms with Crippen LogP contribution in [0.25, 0.3) is 10.2 Å². The summed E-state index contributed by atoms with van der Waals surface area (Å²) in [5.41, 5.74) is 1.81. The van der Waals surface area contributed by atoms with Crippen molar-refractivity contribution >= 4 is 50.6 Å². The predicted octanol–water partition coefficient (Wildman–Crippen LogP) is 5.75. The Morgan fingerprint density at radius 1 is 1.11 bits per heavy atom. The van der Waals surface area contributed by atoms with E-state index < -0.39 is 0 Å². The fourth-order valence-electron chi connectivity index (χ4n) is 3.06. The third-order valence-corrected chi connectivity index (χ3v) is 5.58. The van der Waals surface area contributed by atoms with Crippen molar-refractivity contribution in [1.82, 2.24) is 9.97 Å². The zero-order chi connectivity index (χ0) is 19.4. The fourth-order valence-corrected chi connectivity index (χ4v) is 4.20. The number of anilines is 3. The van der Waals surface area contributed by atoms with Gasteiger partial charge in [-0.2, -0.15) is 4.98 Å². The van der Waals surface area contributed by atoms with E-state index in [9.17, 15) is 0 Å². The van der Waals surface area contributed by atoms with Crippen LogP contribution in [0.15, 0.2) is 29.6 Å². The van der Waals surface area contributed by atoms with Gasteiger partial charge in [0.2, 0.25) is 5.95 Å². The van der Waals surface area contributed by atoms with Crippen molar-refractivity contribution in [1.29, 1.82) is 0 Å². The summed E-state index contributed by atoms with van der Waals surface area (Å²) in [6.45, 7) is 6.34. The molecule has 0 saturated carbocycles. The Labute approximate surface area is 169 Å². The highest BCUT2D eigenvalue weighted by Crippen LogP contribution is 2.35. The first-order valence-electron chi connectivity index (χ1n) is 9.16. The zero-order valence-electron chi connectivity index (χ0n) is 16.2. The average molecular weight is 405 g/mol. The van der Waals surface area contributed by atoms with E-state index >= 15 is 0 Å². The molecule has 2 aromatic heterocycles. The van der Waals surface area contributed by atoms with Crippen LogP contribution in [0.2, 0.25) is 5.02 Å². The highest BCUT2D eigenvalue weighted by molar-refractivity contribution is 7.17. The zero-order valence-corrected chi connectivity index (χ0v) is 17.8.